The van der Waals surface area contributed by atoms with Crippen molar-refractivity contribution >= 4 is 23.2 Å². The van der Waals surface area contributed by atoms with Crippen LogP contribution in [0.4, 0.5) is 0 Å². The van der Waals surface area contributed by atoms with Gasteiger partial charge in [0, 0.05) is 18.4 Å². The summed E-state index contributed by atoms with van der Waals surface area (Å²) in [5.74, 6) is 0.732. The Morgan fingerprint density at radius 1 is 1.44 bits per heavy atom. The van der Waals surface area contributed by atoms with E-state index in [1.165, 1.54) is 12.8 Å². The number of halogens is 2. The molecule has 0 bridgehead atoms. The van der Waals surface area contributed by atoms with Gasteiger partial charge in [-0.1, -0.05) is 11.6 Å². The minimum atomic E-state index is 0.164. The molecule has 0 aromatic carbocycles. The number of hydrogen-bond acceptors (Lipinski definition) is 4. The highest BCUT2D eigenvalue weighted by Gasteiger charge is 2.12. The number of nitrogens with zero attached hydrogens (tertiary/aromatic N) is 2. The average Bonchev–Trinajstić information content (AvgIpc) is 2.38. The number of nitrogens with one attached hydrogen (secondary N) is 1. The molecule has 0 aliphatic carbocycles. The Labute approximate surface area is 117 Å². The minimum absolute atomic E-state index is 0.164. The van der Waals surface area contributed by atoms with E-state index in [9.17, 15) is 0 Å². The largest absolute Gasteiger partial charge is 0.377 e. The van der Waals surface area contributed by atoms with Crippen molar-refractivity contribution in [3.8, 4) is 0 Å². The molecule has 1 atom stereocenters. The van der Waals surface area contributed by atoms with Crippen LogP contribution in [0.3, 0.4) is 0 Å². The Hall–Kier alpha value is -0.420. The van der Waals surface area contributed by atoms with E-state index in [1.807, 2.05) is 0 Å². The summed E-state index contributed by atoms with van der Waals surface area (Å²) in [6, 6.07) is 0. The van der Waals surface area contributed by atoms with Gasteiger partial charge >= 0.3 is 0 Å². The van der Waals surface area contributed by atoms with E-state index in [2.05, 4.69) is 15.3 Å². The fraction of sp³-hybridized carbons (Fsp3) is 0.667. The third-order valence-corrected chi connectivity index (χ3v) is 3.62. The lowest BCUT2D eigenvalue weighted by Gasteiger charge is -2.22. The van der Waals surface area contributed by atoms with Crippen LogP contribution in [-0.4, -0.2) is 29.7 Å². The maximum atomic E-state index is 5.93. The van der Waals surface area contributed by atoms with Crippen LogP contribution in [0.1, 0.15) is 24.8 Å². The van der Waals surface area contributed by atoms with E-state index in [0.29, 0.717) is 11.8 Å². The predicted molar refractivity (Wildman–Crippen MR) is 71.9 cm³/mol. The molecule has 2 rings (SSSR count). The second kappa shape index (κ2) is 7.24. The molecule has 0 amide bonds. The zero-order valence-electron chi connectivity index (χ0n) is 10.2. The first-order valence-electron chi connectivity index (χ1n) is 6.21. The second-order valence-corrected chi connectivity index (χ2v) is 5.20. The Balaban J connectivity index is 1.68. The molecule has 1 aliphatic heterocycles. The van der Waals surface area contributed by atoms with Crippen molar-refractivity contribution in [2.45, 2.75) is 25.9 Å². The summed E-state index contributed by atoms with van der Waals surface area (Å²) in [5, 5.41) is 3.93. The van der Waals surface area contributed by atoms with Gasteiger partial charge in [-0.15, -0.1) is 0 Å². The quantitative estimate of drug-likeness (QED) is 0.514. The highest BCUT2D eigenvalue weighted by atomic mass is 35.5. The third kappa shape index (κ3) is 4.35. The topological polar surface area (TPSA) is 47.0 Å². The minimum Gasteiger partial charge on any atom is -0.377 e. The fourth-order valence-electron chi connectivity index (χ4n) is 2.07. The van der Waals surface area contributed by atoms with E-state index < -0.39 is 0 Å². The lowest BCUT2D eigenvalue weighted by atomic mass is 9.97. The van der Waals surface area contributed by atoms with Crippen LogP contribution in [0.25, 0.3) is 0 Å². The Kier molecular flexibility index (Phi) is 5.63. The van der Waals surface area contributed by atoms with E-state index in [0.717, 1.165) is 37.6 Å². The molecular weight excluding hydrogens is 273 g/mol. The van der Waals surface area contributed by atoms with Gasteiger partial charge in [-0.05, 0) is 49.9 Å². The molecule has 1 aromatic heterocycles. The van der Waals surface area contributed by atoms with Crippen molar-refractivity contribution in [1.82, 2.24) is 15.3 Å². The first-order valence-corrected chi connectivity index (χ1v) is 6.96. The molecule has 1 saturated heterocycles. The molecular formula is C12H17Cl2N3O. The monoisotopic (exact) mass is 289 g/mol. The molecule has 1 fully saturated rings. The van der Waals surface area contributed by atoms with Crippen LogP contribution < -0.4 is 5.32 Å². The van der Waals surface area contributed by atoms with Crippen molar-refractivity contribution in [3.05, 3.63) is 22.2 Å². The smallest absolute Gasteiger partial charge is 0.223 e. The van der Waals surface area contributed by atoms with Gasteiger partial charge in [0.05, 0.1) is 6.61 Å². The highest BCUT2D eigenvalue weighted by Crippen LogP contribution is 2.17. The normalized spacial score (nSPS) is 20.0. The zero-order valence-corrected chi connectivity index (χ0v) is 11.7. The third-order valence-electron chi connectivity index (χ3n) is 3.11. The summed E-state index contributed by atoms with van der Waals surface area (Å²) in [5.41, 5.74) is 0.780. The molecule has 0 radical (unpaired) electrons. The van der Waals surface area contributed by atoms with Crippen LogP contribution in [0, 0.1) is 5.92 Å². The lowest BCUT2D eigenvalue weighted by Crippen LogP contribution is -2.30. The van der Waals surface area contributed by atoms with Gasteiger partial charge in [0.25, 0.3) is 0 Å². The highest BCUT2D eigenvalue weighted by molar-refractivity contribution is 6.32. The molecule has 1 aromatic rings. The van der Waals surface area contributed by atoms with E-state index in [1.54, 1.807) is 6.20 Å². The standard InChI is InChI=1S/C12H17Cl2N3O/c13-11-10(7-16-12(14)17-11)8-18-5-3-9-2-1-4-15-6-9/h7,9,15H,1-6,8H2/t9-/m0/s1. The van der Waals surface area contributed by atoms with E-state index >= 15 is 0 Å². The van der Waals surface area contributed by atoms with Crippen molar-refractivity contribution in [1.29, 1.82) is 0 Å². The van der Waals surface area contributed by atoms with Crippen molar-refractivity contribution in [2.75, 3.05) is 19.7 Å². The van der Waals surface area contributed by atoms with Gasteiger partial charge in [0.1, 0.15) is 5.15 Å². The first kappa shape index (κ1) is 14.0. The first-order chi connectivity index (χ1) is 8.75. The van der Waals surface area contributed by atoms with Crippen molar-refractivity contribution in [3.63, 3.8) is 0 Å². The SMILES string of the molecule is Clc1ncc(COCC[C@@H]2CCCNC2)c(Cl)n1. The molecule has 4 nitrogen and oxygen atoms in total. The molecule has 0 saturated carbocycles. The molecule has 2 heterocycles. The van der Waals surface area contributed by atoms with Gasteiger partial charge in [-0.3, -0.25) is 0 Å². The summed E-state index contributed by atoms with van der Waals surface area (Å²) >= 11 is 11.6. The van der Waals surface area contributed by atoms with E-state index in [4.69, 9.17) is 27.9 Å². The van der Waals surface area contributed by atoms with Gasteiger partial charge in [0.15, 0.2) is 0 Å². The summed E-state index contributed by atoms with van der Waals surface area (Å²) in [4.78, 5) is 7.76. The lowest BCUT2D eigenvalue weighted by molar-refractivity contribution is 0.103. The van der Waals surface area contributed by atoms with E-state index in [-0.39, 0.29) is 5.28 Å². The zero-order chi connectivity index (χ0) is 12.8. The number of piperidine rings is 1. The summed E-state index contributed by atoms with van der Waals surface area (Å²) < 4.78 is 5.61. The Morgan fingerprint density at radius 2 is 2.33 bits per heavy atom. The molecule has 100 valence electrons. The molecule has 1 aliphatic rings. The predicted octanol–water partition coefficient (Wildman–Crippen LogP) is 2.69. The summed E-state index contributed by atoms with van der Waals surface area (Å²) in [6.45, 7) is 3.44. The van der Waals surface area contributed by atoms with Gasteiger partial charge in [-0.25, -0.2) is 9.97 Å². The number of aromatic nitrogens is 2. The Bertz CT molecular complexity index is 384. The number of hydrogen-bond donors (Lipinski definition) is 1. The molecule has 0 spiro atoms. The van der Waals surface area contributed by atoms with Crippen LogP contribution in [0.5, 0.6) is 0 Å². The number of ether oxygens (including phenoxy) is 1. The van der Waals surface area contributed by atoms with Crippen LogP contribution in [0.2, 0.25) is 10.4 Å². The number of rotatable bonds is 5. The molecule has 6 heteroatoms. The van der Waals surface area contributed by atoms with Gasteiger partial charge in [-0.2, -0.15) is 0 Å². The van der Waals surface area contributed by atoms with Crippen molar-refractivity contribution < 1.29 is 4.74 Å². The fourth-order valence-corrected chi connectivity index (χ4v) is 2.43. The molecule has 1 N–H and O–H groups in total. The van der Waals surface area contributed by atoms with Crippen LogP contribution >= 0.6 is 23.2 Å². The average molecular weight is 290 g/mol. The summed E-state index contributed by atoms with van der Waals surface area (Å²) in [7, 11) is 0. The maximum absolute atomic E-state index is 5.93. The Morgan fingerprint density at radius 3 is 3.06 bits per heavy atom. The van der Waals surface area contributed by atoms with Gasteiger partial charge in [0.2, 0.25) is 5.28 Å². The van der Waals surface area contributed by atoms with Gasteiger partial charge < -0.3 is 10.1 Å². The summed E-state index contributed by atoms with van der Waals surface area (Å²) in [6.07, 6.45) is 5.25. The maximum Gasteiger partial charge on any atom is 0.223 e. The molecule has 0 unspecified atom stereocenters. The van der Waals surface area contributed by atoms with Crippen LogP contribution in [0.15, 0.2) is 6.20 Å². The van der Waals surface area contributed by atoms with Crippen LogP contribution in [-0.2, 0) is 11.3 Å². The van der Waals surface area contributed by atoms with Crippen molar-refractivity contribution in [2.24, 2.45) is 5.92 Å². The molecule has 18 heavy (non-hydrogen) atoms. The second-order valence-electron chi connectivity index (χ2n) is 4.51.